The SMILES string of the molecule is O=C1CC2C3CCC2(O1)C(=O)C3. The van der Waals surface area contributed by atoms with Gasteiger partial charge in [-0.15, -0.1) is 0 Å². The monoisotopic (exact) mass is 166 g/mol. The number of hydrogen-bond acceptors (Lipinski definition) is 3. The van der Waals surface area contributed by atoms with E-state index in [4.69, 9.17) is 4.74 Å². The summed E-state index contributed by atoms with van der Waals surface area (Å²) in [5, 5.41) is 0. The zero-order valence-corrected chi connectivity index (χ0v) is 6.71. The average molecular weight is 166 g/mol. The van der Waals surface area contributed by atoms with E-state index in [1.165, 1.54) is 0 Å². The lowest BCUT2D eigenvalue weighted by molar-refractivity contribution is -0.157. The third kappa shape index (κ3) is 0.520. The Bertz CT molecular complexity index is 283. The van der Waals surface area contributed by atoms with Crippen LogP contribution in [0.25, 0.3) is 0 Å². The fourth-order valence-corrected chi connectivity index (χ4v) is 3.11. The molecule has 3 rings (SSSR count). The van der Waals surface area contributed by atoms with Gasteiger partial charge in [-0.05, 0) is 18.8 Å². The molecule has 64 valence electrons. The molecule has 3 fully saturated rings. The molecule has 0 aromatic heterocycles. The molecule has 1 saturated heterocycles. The Hall–Kier alpha value is -0.860. The third-order valence-electron chi connectivity index (χ3n) is 3.66. The molecule has 2 saturated carbocycles. The highest BCUT2D eigenvalue weighted by atomic mass is 16.6. The Morgan fingerprint density at radius 1 is 1.33 bits per heavy atom. The number of esters is 1. The largest absolute Gasteiger partial charge is 0.451 e. The first kappa shape index (κ1) is 6.63. The predicted octanol–water partition coefficient (Wildman–Crippen LogP) is 0.671. The number of rotatable bonds is 0. The Labute approximate surface area is 70.1 Å². The normalized spacial score (nSPS) is 49.7. The maximum Gasteiger partial charge on any atom is 0.307 e. The molecule has 0 amide bonds. The molecular formula is C9H10O3. The van der Waals surface area contributed by atoms with Gasteiger partial charge in [0.15, 0.2) is 11.4 Å². The highest BCUT2D eigenvalue weighted by Crippen LogP contribution is 2.56. The fraction of sp³-hybridized carbons (Fsp3) is 0.778. The van der Waals surface area contributed by atoms with Gasteiger partial charge in [-0.2, -0.15) is 0 Å². The molecule has 3 aliphatic rings. The first-order chi connectivity index (χ1) is 5.72. The minimum absolute atomic E-state index is 0.169. The fourth-order valence-electron chi connectivity index (χ4n) is 3.11. The zero-order chi connectivity index (χ0) is 8.34. The van der Waals surface area contributed by atoms with Crippen molar-refractivity contribution in [2.75, 3.05) is 0 Å². The molecule has 1 heterocycles. The maximum absolute atomic E-state index is 11.5. The maximum atomic E-state index is 11.5. The summed E-state index contributed by atoms with van der Waals surface area (Å²) < 4.78 is 5.19. The van der Waals surface area contributed by atoms with Crippen LogP contribution >= 0.6 is 0 Å². The average Bonchev–Trinajstić information content (AvgIpc) is 2.54. The van der Waals surface area contributed by atoms with Gasteiger partial charge in [-0.1, -0.05) is 0 Å². The van der Waals surface area contributed by atoms with Crippen LogP contribution in [0.4, 0.5) is 0 Å². The van der Waals surface area contributed by atoms with E-state index in [0.29, 0.717) is 18.8 Å². The van der Waals surface area contributed by atoms with Crippen molar-refractivity contribution in [3.63, 3.8) is 0 Å². The predicted molar refractivity (Wildman–Crippen MR) is 39.3 cm³/mol. The van der Waals surface area contributed by atoms with Crippen molar-refractivity contribution in [3.05, 3.63) is 0 Å². The van der Waals surface area contributed by atoms with Crippen molar-refractivity contribution in [2.45, 2.75) is 31.3 Å². The van der Waals surface area contributed by atoms with Crippen LogP contribution in [0.5, 0.6) is 0 Å². The van der Waals surface area contributed by atoms with Crippen molar-refractivity contribution in [1.82, 2.24) is 0 Å². The molecule has 3 nitrogen and oxygen atoms in total. The van der Waals surface area contributed by atoms with Gasteiger partial charge in [0, 0.05) is 12.3 Å². The van der Waals surface area contributed by atoms with Crippen LogP contribution in [0.3, 0.4) is 0 Å². The lowest BCUT2D eigenvalue weighted by atomic mass is 9.92. The Kier molecular flexibility index (Phi) is 0.955. The molecule has 3 unspecified atom stereocenters. The zero-order valence-electron chi connectivity index (χ0n) is 6.71. The standard InChI is InChI=1S/C9H10O3/c10-7-3-5-1-2-9(7)6(5)4-8(11)12-9/h5-6H,1-4H2. The van der Waals surface area contributed by atoms with Gasteiger partial charge < -0.3 is 4.74 Å². The summed E-state index contributed by atoms with van der Waals surface area (Å²) in [5.41, 5.74) is -0.637. The summed E-state index contributed by atoms with van der Waals surface area (Å²) in [6.45, 7) is 0. The lowest BCUT2D eigenvalue weighted by Gasteiger charge is -2.21. The Morgan fingerprint density at radius 2 is 2.17 bits per heavy atom. The van der Waals surface area contributed by atoms with E-state index in [-0.39, 0.29) is 17.7 Å². The van der Waals surface area contributed by atoms with E-state index in [9.17, 15) is 9.59 Å². The number of ketones is 1. The lowest BCUT2D eigenvalue weighted by Crippen LogP contribution is -2.36. The highest BCUT2D eigenvalue weighted by Gasteiger charge is 2.65. The summed E-state index contributed by atoms with van der Waals surface area (Å²) in [4.78, 5) is 22.5. The first-order valence-corrected chi connectivity index (χ1v) is 4.47. The Morgan fingerprint density at radius 3 is 2.83 bits per heavy atom. The molecule has 12 heavy (non-hydrogen) atoms. The minimum Gasteiger partial charge on any atom is -0.451 e. The van der Waals surface area contributed by atoms with E-state index in [0.717, 1.165) is 12.8 Å². The molecule has 0 aromatic rings. The molecule has 0 spiro atoms. The van der Waals surface area contributed by atoms with Gasteiger partial charge in [0.1, 0.15) is 0 Å². The molecule has 0 N–H and O–H groups in total. The van der Waals surface area contributed by atoms with Crippen molar-refractivity contribution in [1.29, 1.82) is 0 Å². The van der Waals surface area contributed by atoms with Crippen molar-refractivity contribution in [3.8, 4) is 0 Å². The van der Waals surface area contributed by atoms with Crippen LogP contribution in [0.15, 0.2) is 0 Å². The van der Waals surface area contributed by atoms with Crippen molar-refractivity contribution >= 4 is 11.8 Å². The van der Waals surface area contributed by atoms with Crippen LogP contribution < -0.4 is 0 Å². The molecule has 2 bridgehead atoms. The van der Waals surface area contributed by atoms with Gasteiger partial charge in [0.25, 0.3) is 0 Å². The van der Waals surface area contributed by atoms with E-state index in [1.807, 2.05) is 0 Å². The quantitative estimate of drug-likeness (QED) is 0.497. The first-order valence-electron chi connectivity index (χ1n) is 4.47. The van der Waals surface area contributed by atoms with E-state index >= 15 is 0 Å². The molecular weight excluding hydrogens is 156 g/mol. The number of carbonyl (C=O) groups is 2. The summed E-state index contributed by atoms with van der Waals surface area (Å²) in [6, 6.07) is 0. The molecule has 3 atom stereocenters. The Balaban J connectivity index is 2.09. The molecule has 0 radical (unpaired) electrons. The smallest absolute Gasteiger partial charge is 0.307 e. The third-order valence-corrected chi connectivity index (χ3v) is 3.66. The number of hydrogen-bond donors (Lipinski definition) is 0. The minimum atomic E-state index is -0.637. The van der Waals surface area contributed by atoms with E-state index < -0.39 is 5.60 Å². The summed E-state index contributed by atoms with van der Waals surface area (Å²) in [7, 11) is 0. The van der Waals surface area contributed by atoms with E-state index in [1.54, 1.807) is 0 Å². The second kappa shape index (κ2) is 1.73. The molecule has 1 aliphatic heterocycles. The summed E-state index contributed by atoms with van der Waals surface area (Å²) >= 11 is 0. The van der Waals surface area contributed by atoms with Gasteiger partial charge in [0.05, 0.1) is 6.42 Å². The van der Waals surface area contributed by atoms with Gasteiger partial charge in [-0.25, -0.2) is 0 Å². The van der Waals surface area contributed by atoms with Crippen LogP contribution in [0.2, 0.25) is 0 Å². The number of ether oxygens (including phenoxy) is 1. The second-order valence-corrected chi connectivity index (χ2v) is 4.10. The van der Waals surface area contributed by atoms with Crippen molar-refractivity contribution < 1.29 is 14.3 Å². The summed E-state index contributed by atoms with van der Waals surface area (Å²) in [6.07, 6.45) is 2.99. The number of Topliss-reactive ketones (excluding diaryl/α,β-unsaturated/α-hetero) is 1. The highest BCUT2D eigenvalue weighted by molar-refractivity contribution is 5.96. The number of carbonyl (C=O) groups excluding carboxylic acids is 2. The van der Waals surface area contributed by atoms with Crippen LogP contribution in [-0.2, 0) is 14.3 Å². The van der Waals surface area contributed by atoms with E-state index in [2.05, 4.69) is 0 Å². The molecule has 2 aliphatic carbocycles. The molecule has 0 aromatic carbocycles. The van der Waals surface area contributed by atoms with Crippen molar-refractivity contribution in [2.24, 2.45) is 11.8 Å². The second-order valence-electron chi connectivity index (χ2n) is 4.10. The van der Waals surface area contributed by atoms with Gasteiger partial charge in [0.2, 0.25) is 0 Å². The van der Waals surface area contributed by atoms with Gasteiger partial charge in [-0.3, -0.25) is 9.59 Å². The topological polar surface area (TPSA) is 43.4 Å². The van der Waals surface area contributed by atoms with Crippen LogP contribution in [0, 0.1) is 11.8 Å². The van der Waals surface area contributed by atoms with Gasteiger partial charge >= 0.3 is 5.97 Å². The van der Waals surface area contributed by atoms with Crippen LogP contribution in [0.1, 0.15) is 25.7 Å². The van der Waals surface area contributed by atoms with Crippen LogP contribution in [-0.4, -0.2) is 17.4 Å². The molecule has 3 heteroatoms. The summed E-state index contributed by atoms with van der Waals surface area (Å²) in [5.74, 6) is 0.689.